The van der Waals surface area contributed by atoms with Gasteiger partial charge in [0, 0.05) is 23.6 Å². The average Bonchev–Trinajstić information content (AvgIpc) is 3.48. The number of hydrogen-bond donors (Lipinski definition) is 1. The lowest BCUT2D eigenvalue weighted by Gasteiger charge is -2.11. The zero-order valence-corrected chi connectivity index (χ0v) is 21.2. The first kappa shape index (κ1) is 25.6. The van der Waals surface area contributed by atoms with E-state index in [0.717, 1.165) is 41.0 Å². The zero-order valence-electron chi connectivity index (χ0n) is 21.2. The van der Waals surface area contributed by atoms with Crippen LogP contribution < -0.4 is 14.8 Å². The van der Waals surface area contributed by atoms with Gasteiger partial charge in [-0.15, -0.1) is 0 Å². The minimum Gasteiger partial charge on any atom is -0.462 e. The summed E-state index contributed by atoms with van der Waals surface area (Å²) in [5.74, 6) is 0.507. The smallest absolute Gasteiger partial charge is 0.338 e. The Morgan fingerprint density at radius 3 is 2.59 bits per heavy atom. The molecule has 0 fully saturated rings. The summed E-state index contributed by atoms with van der Waals surface area (Å²) in [6.45, 7) is 6.75. The Kier molecular flexibility index (Phi) is 7.94. The number of rotatable bonds is 9. The summed E-state index contributed by atoms with van der Waals surface area (Å²) in [7, 11) is 0. The van der Waals surface area contributed by atoms with Gasteiger partial charge in [-0.05, 0) is 79.9 Å². The molecule has 0 saturated carbocycles. The van der Waals surface area contributed by atoms with Crippen LogP contribution >= 0.6 is 0 Å². The summed E-state index contributed by atoms with van der Waals surface area (Å²) >= 11 is 0. The highest BCUT2D eigenvalue weighted by atomic mass is 16.7. The monoisotopic (exact) mass is 499 g/mol. The number of ether oxygens (including phenoxy) is 3. The molecule has 1 aromatic heterocycles. The van der Waals surface area contributed by atoms with Crippen LogP contribution in [0.3, 0.4) is 0 Å². The van der Waals surface area contributed by atoms with Crippen molar-refractivity contribution in [2.75, 3.05) is 13.4 Å². The summed E-state index contributed by atoms with van der Waals surface area (Å²) in [5, 5.41) is 12.5. The molecular weight excluding hydrogens is 470 g/mol. The molecule has 1 aliphatic heterocycles. The second-order valence-corrected chi connectivity index (χ2v) is 8.74. The number of nitriles is 1. The largest absolute Gasteiger partial charge is 0.462 e. The maximum Gasteiger partial charge on any atom is 0.338 e. The number of aromatic nitrogens is 1. The highest BCUT2D eigenvalue weighted by molar-refractivity contribution is 6.01. The molecule has 0 aliphatic carbocycles. The molecule has 8 heteroatoms. The molecule has 0 radical (unpaired) electrons. The topological polar surface area (TPSA) is 103 Å². The molecule has 1 amide bonds. The Bertz CT molecular complexity index is 1380. The van der Waals surface area contributed by atoms with Gasteiger partial charge >= 0.3 is 5.97 Å². The number of hydrogen-bond acceptors (Lipinski definition) is 6. The Morgan fingerprint density at radius 2 is 1.86 bits per heavy atom. The molecule has 3 aromatic rings. The number of fused-ring (bicyclic) bond motifs is 1. The van der Waals surface area contributed by atoms with Crippen LogP contribution in [0.5, 0.6) is 11.5 Å². The molecule has 0 unspecified atom stereocenters. The summed E-state index contributed by atoms with van der Waals surface area (Å²) in [4.78, 5) is 24.9. The normalized spacial score (nSPS) is 12.2. The fourth-order valence-electron chi connectivity index (χ4n) is 4.10. The standard InChI is InChI=1S/C29H29N3O5/c1-4-5-12-35-29(34)22-7-9-25(10-8-22)32-19(2)13-23(20(32)3)15-24(16-30)28(33)31-17-21-6-11-26-27(14-21)37-18-36-26/h6-11,13-15H,4-5,12,17-18H2,1-3H3,(H,31,33)/b24-15+. The number of unbranched alkanes of at least 4 members (excludes halogenated alkanes) is 1. The molecule has 0 atom stereocenters. The number of aryl methyl sites for hydroxylation is 1. The van der Waals surface area contributed by atoms with Crippen molar-refractivity contribution in [3.8, 4) is 23.3 Å². The van der Waals surface area contributed by atoms with Crippen LogP contribution in [-0.4, -0.2) is 29.8 Å². The number of esters is 1. The minimum absolute atomic E-state index is 0.00571. The summed E-state index contributed by atoms with van der Waals surface area (Å²) < 4.78 is 18.0. The quantitative estimate of drug-likeness (QED) is 0.192. The van der Waals surface area contributed by atoms with Crippen molar-refractivity contribution < 1.29 is 23.8 Å². The van der Waals surface area contributed by atoms with Gasteiger partial charge in [-0.2, -0.15) is 5.26 Å². The fourth-order valence-corrected chi connectivity index (χ4v) is 4.10. The number of benzene rings is 2. The van der Waals surface area contributed by atoms with E-state index >= 15 is 0 Å². The molecule has 4 rings (SSSR count). The Hall–Kier alpha value is -4.51. The number of carbonyl (C=O) groups excluding carboxylic acids is 2. The van der Waals surface area contributed by atoms with E-state index in [-0.39, 0.29) is 24.9 Å². The van der Waals surface area contributed by atoms with E-state index in [4.69, 9.17) is 14.2 Å². The van der Waals surface area contributed by atoms with Crippen LogP contribution in [0.4, 0.5) is 0 Å². The van der Waals surface area contributed by atoms with Crippen molar-refractivity contribution >= 4 is 18.0 Å². The van der Waals surface area contributed by atoms with Gasteiger partial charge in [-0.25, -0.2) is 4.79 Å². The maximum atomic E-state index is 12.7. The zero-order chi connectivity index (χ0) is 26.4. The van der Waals surface area contributed by atoms with Crippen molar-refractivity contribution in [1.82, 2.24) is 9.88 Å². The van der Waals surface area contributed by atoms with E-state index in [9.17, 15) is 14.9 Å². The third-order valence-electron chi connectivity index (χ3n) is 6.12. The van der Waals surface area contributed by atoms with Crippen molar-refractivity contribution in [3.63, 3.8) is 0 Å². The van der Waals surface area contributed by atoms with E-state index in [1.165, 1.54) is 0 Å². The predicted octanol–water partition coefficient (Wildman–Crippen LogP) is 5.00. The van der Waals surface area contributed by atoms with Gasteiger partial charge in [-0.1, -0.05) is 19.4 Å². The predicted molar refractivity (Wildman–Crippen MR) is 138 cm³/mol. The van der Waals surface area contributed by atoms with Crippen LogP contribution in [0.15, 0.2) is 54.1 Å². The molecular formula is C29H29N3O5. The first-order chi connectivity index (χ1) is 17.9. The Balaban J connectivity index is 1.47. The molecule has 1 N–H and O–H groups in total. The van der Waals surface area contributed by atoms with Crippen LogP contribution in [0.25, 0.3) is 11.8 Å². The minimum atomic E-state index is -0.462. The second kappa shape index (κ2) is 11.5. The number of carbonyl (C=O) groups is 2. The lowest BCUT2D eigenvalue weighted by Crippen LogP contribution is -2.23. The third-order valence-corrected chi connectivity index (χ3v) is 6.12. The first-order valence-corrected chi connectivity index (χ1v) is 12.2. The Labute approximate surface area is 216 Å². The fraction of sp³-hybridized carbons (Fsp3) is 0.276. The molecule has 2 aromatic carbocycles. The highest BCUT2D eigenvalue weighted by Crippen LogP contribution is 2.32. The number of nitrogens with zero attached hydrogens (tertiary/aromatic N) is 2. The maximum absolute atomic E-state index is 12.7. The van der Waals surface area contributed by atoms with Gasteiger partial charge in [0.15, 0.2) is 11.5 Å². The van der Waals surface area contributed by atoms with Crippen molar-refractivity contribution in [2.45, 2.75) is 40.2 Å². The van der Waals surface area contributed by atoms with Crippen LogP contribution in [0, 0.1) is 25.2 Å². The van der Waals surface area contributed by atoms with Crippen molar-refractivity contribution in [2.24, 2.45) is 0 Å². The highest BCUT2D eigenvalue weighted by Gasteiger charge is 2.16. The molecule has 2 heterocycles. The SMILES string of the molecule is CCCCOC(=O)c1ccc(-n2c(C)cc(/C=C(\C#N)C(=O)NCc3ccc4c(c3)OCO4)c2C)cc1. The van der Waals surface area contributed by atoms with E-state index in [1.807, 2.05) is 61.7 Å². The summed E-state index contributed by atoms with van der Waals surface area (Å²) in [5.41, 5.74) is 4.76. The van der Waals surface area contributed by atoms with Gasteiger partial charge < -0.3 is 24.1 Å². The van der Waals surface area contributed by atoms with Gasteiger partial charge in [0.25, 0.3) is 5.91 Å². The Morgan fingerprint density at radius 1 is 1.11 bits per heavy atom. The number of nitrogens with one attached hydrogen (secondary N) is 1. The van der Waals surface area contributed by atoms with Gasteiger partial charge in [0.1, 0.15) is 11.6 Å². The molecule has 190 valence electrons. The lowest BCUT2D eigenvalue weighted by atomic mass is 10.1. The molecule has 0 spiro atoms. The first-order valence-electron chi connectivity index (χ1n) is 12.2. The van der Waals surface area contributed by atoms with E-state index < -0.39 is 5.91 Å². The van der Waals surface area contributed by atoms with E-state index in [0.29, 0.717) is 23.7 Å². The molecule has 1 aliphatic rings. The average molecular weight is 500 g/mol. The van der Waals surface area contributed by atoms with Gasteiger partial charge in [-0.3, -0.25) is 4.79 Å². The number of amides is 1. The summed E-state index contributed by atoms with van der Waals surface area (Å²) in [6, 6.07) is 16.6. The van der Waals surface area contributed by atoms with E-state index in [1.54, 1.807) is 24.3 Å². The van der Waals surface area contributed by atoms with Crippen LogP contribution in [0.1, 0.15) is 52.6 Å². The third kappa shape index (κ3) is 5.84. The van der Waals surface area contributed by atoms with Crippen molar-refractivity contribution in [1.29, 1.82) is 5.26 Å². The van der Waals surface area contributed by atoms with E-state index in [2.05, 4.69) is 5.32 Å². The van der Waals surface area contributed by atoms with Crippen molar-refractivity contribution in [3.05, 3.63) is 82.2 Å². The van der Waals surface area contributed by atoms with Gasteiger partial charge in [0.05, 0.1) is 12.2 Å². The van der Waals surface area contributed by atoms with Crippen LogP contribution in [-0.2, 0) is 16.1 Å². The molecule has 8 nitrogen and oxygen atoms in total. The van der Waals surface area contributed by atoms with Crippen LogP contribution in [0.2, 0.25) is 0 Å². The second-order valence-electron chi connectivity index (χ2n) is 8.74. The molecule has 0 saturated heterocycles. The lowest BCUT2D eigenvalue weighted by molar-refractivity contribution is -0.117. The summed E-state index contributed by atoms with van der Waals surface area (Å²) in [6.07, 6.45) is 3.39. The van der Waals surface area contributed by atoms with Gasteiger partial charge in [0.2, 0.25) is 6.79 Å². The molecule has 37 heavy (non-hydrogen) atoms. The molecule has 0 bridgehead atoms.